The number of benzene rings is 1. The molecule has 0 aliphatic carbocycles. The molecule has 1 aromatic carbocycles. The van der Waals surface area contributed by atoms with E-state index in [2.05, 4.69) is 0 Å². The summed E-state index contributed by atoms with van der Waals surface area (Å²) < 4.78 is 21.5. The molecule has 0 aromatic heterocycles. The van der Waals surface area contributed by atoms with Crippen LogP contribution in [0.15, 0.2) is 18.2 Å². The molecule has 0 spiro atoms. The number of carboxylic acids is 1. The molecular weight excluding hydrogens is 392 g/mol. The Bertz CT molecular complexity index is 810. The Morgan fingerprint density at radius 2 is 1.60 bits per heavy atom. The molecule has 0 aliphatic rings. The molecule has 0 aliphatic heterocycles. The predicted molar refractivity (Wildman–Crippen MR) is 110 cm³/mol. The van der Waals surface area contributed by atoms with Gasteiger partial charge >= 0.3 is 18.1 Å². The number of ether oxygens (including phenoxy) is 4. The fraction of sp³-hybridized carbons (Fsp3) is 0.500. The van der Waals surface area contributed by atoms with Crippen molar-refractivity contribution in [2.75, 3.05) is 6.61 Å². The van der Waals surface area contributed by atoms with Gasteiger partial charge in [-0.25, -0.2) is 14.4 Å². The Kier molecular flexibility index (Phi) is 8.60. The first-order chi connectivity index (χ1) is 13.7. The van der Waals surface area contributed by atoms with Crippen LogP contribution in [0.1, 0.15) is 70.0 Å². The van der Waals surface area contributed by atoms with Gasteiger partial charge in [0, 0.05) is 18.2 Å². The minimum atomic E-state index is -1.20. The number of rotatable bonds is 7. The molecule has 0 saturated heterocycles. The first kappa shape index (κ1) is 25.2. The number of hydrogen-bond donors (Lipinski definition) is 1. The van der Waals surface area contributed by atoms with Gasteiger partial charge in [-0.1, -0.05) is 12.1 Å². The predicted octanol–water partition coefficient (Wildman–Crippen LogP) is 4.59. The van der Waals surface area contributed by atoms with Crippen LogP contribution in [-0.4, -0.2) is 41.0 Å². The van der Waals surface area contributed by atoms with Crippen LogP contribution in [0.2, 0.25) is 0 Å². The number of esters is 1. The molecular formula is C22H30O8. The van der Waals surface area contributed by atoms with Gasteiger partial charge in [0.15, 0.2) is 5.75 Å². The van der Waals surface area contributed by atoms with Crippen molar-refractivity contribution in [3.8, 4) is 5.75 Å². The summed E-state index contributed by atoms with van der Waals surface area (Å²) in [5.41, 5.74) is -1.04. The van der Waals surface area contributed by atoms with E-state index in [0.29, 0.717) is 12.2 Å². The zero-order valence-electron chi connectivity index (χ0n) is 18.5. The highest BCUT2D eigenvalue weighted by molar-refractivity contribution is 5.97. The van der Waals surface area contributed by atoms with Crippen LogP contribution in [0.25, 0.3) is 6.08 Å². The fourth-order valence-corrected chi connectivity index (χ4v) is 2.28. The molecule has 1 N–H and O–H groups in total. The smallest absolute Gasteiger partial charge is 0.478 e. The summed E-state index contributed by atoms with van der Waals surface area (Å²) in [4.78, 5) is 36.3. The van der Waals surface area contributed by atoms with Gasteiger partial charge in [-0.2, -0.15) is 0 Å². The molecule has 0 saturated carbocycles. The van der Waals surface area contributed by atoms with E-state index < -0.39 is 29.3 Å². The van der Waals surface area contributed by atoms with Crippen LogP contribution >= 0.6 is 0 Å². The average molecular weight is 422 g/mol. The maximum atomic E-state index is 13.0. The van der Waals surface area contributed by atoms with Crippen molar-refractivity contribution in [3.05, 3.63) is 34.9 Å². The van der Waals surface area contributed by atoms with Gasteiger partial charge in [0.1, 0.15) is 16.8 Å². The summed E-state index contributed by atoms with van der Waals surface area (Å²) in [5.74, 6) is -2.09. The summed E-state index contributed by atoms with van der Waals surface area (Å²) in [6.45, 7) is 12.4. The van der Waals surface area contributed by atoms with E-state index in [1.165, 1.54) is 12.1 Å². The maximum Gasteiger partial charge on any atom is 0.514 e. The van der Waals surface area contributed by atoms with Gasteiger partial charge in [-0.15, -0.1) is 0 Å². The SMILES string of the molecule is CCOCc1ccc(/C=C/C(=O)O)c(OC(=O)OC(C)(C)C)c1C(=O)OC(C)(C)C. The Balaban J connectivity index is 3.60. The molecule has 166 valence electrons. The monoisotopic (exact) mass is 422 g/mol. The zero-order chi connectivity index (χ0) is 23.1. The Morgan fingerprint density at radius 3 is 2.10 bits per heavy atom. The average Bonchev–Trinajstić information content (AvgIpc) is 2.55. The molecule has 0 radical (unpaired) electrons. The van der Waals surface area contributed by atoms with Crippen molar-refractivity contribution in [1.82, 2.24) is 0 Å². The van der Waals surface area contributed by atoms with Crippen molar-refractivity contribution < 1.29 is 38.4 Å². The van der Waals surface area contributed by atoms with E-state index in [-0.39, 0.29) is 23.5 Å². The first-order valence-corrected chi connectivity index (χ1v) is 9.52. The van der Waals surface area contributed by atoms with Crippen LogP contribution in [0.4, 0.5) is 4.79 Å². The number of hydrogen-bond acceptors (Lipinski definition) is 7. The lowest BCUT2D eigenvalue weighted by molar-refractivity contribution is -0.131. The normalized spacial score (nSPS) is 12.0. The number of carboxylic acid groups (broad SMARTS) is 1. The zero-order valence-corrected chi connectivity index (χ0v) is 18.5. The van der Waals surface area contributed by atoms with Gasteiger partial charge in [0.2, 0.25) is 0 Å². The van der Waals surface area contributed by atoms with Gasteiger partial charge in [0.05, 0.1) is 6.61 Å². The lowest BCUT2D eigenvalue weighted by Crippen LogP contribution is -2.28. The third-order valence-corrected chi connectivity index (χ3v) is 3.32. The number of carbonyl (C=O) groups is 3. The van der Waals surface area contributed by atoms with Gasteiger partial charge < -0.3 is 24.1 Å². The van der Waals surface area contributed by atoms with Crippen LogP contribution in [0.5, 0.6) is 5.75 Å². The molecule has 8 nitrogen and oxygen atoms in total. The van der Waals surface area contributed by atoms with Crippen molar-refractivity contribution in [2.24, 2.45) is 0 Å². The van der Waals surface area contributed by atoms with E-state index in [1.807, 2.05) is 0 Å². The van der Waals surface area contributed by atoms with Crippen LogP contribution in [0.3, 0.4) is 0 Å². The quantitative estimate of drug-likeness (QED) is 0.386. The molecule has 0 fully saturated rings. The molecule has 0 atom stereocenters. The standard InChI is InChI=1S/C22H30O8/c1-8-27-13-15-10-9-14(11-12-16(23)24)18(28-20(26)30-22(5,6)7)17(15)19(25)29-21(2,3)4/h9-12H,8,13H2,1-7H3,(H,23,24)/b12-11+. The Hall–Kier alpha value is -2.87. The molecule has 0 heterocycles. The molecule has 0 bridgehead atoms. The summed E-state index contributed by atoms with van der Waals surface area (Å²) in [6.07, 6.45) is 1.06. The van der Waals surface area contributed by atoms with Crippen molar-refractivity contribution in [1.29, 1.82) is 0 Å². The number of carbonyl (C=O) groups excluding carboxylic acids is 2. The number of aliphatic carboxylic acids is 1. The topological polar surface area (TPSA) is 108 Å². The van der Waals surface area contributed by atoms with Gasteiger partial charge in [-0.05, 0) is 60.1 Å². The molecule has 1 rings (SSSR count). The first-order valence-electron chi connectivity index (χ1n) is 9.52. The van der Waals surface area contributed by atoms with Crippen molar-refractivity contribution in [2.45, 2.75) is 66.3 Å². The minimum Gasteiger partial charge on any atom is -0.478 e. The summed E-state index contributed by atoms with van der Waals surface area (Å²) in [7, 11) is 0. The van der Waals surface area contributed by atoms with Crippen LogP contribution < -0.4 is 4.74 Å². The maximum absolute atomic E-state index is 13.0. The van der Waals surface area contributed by atoms with E-state index >= 15 is 0 Å². The second kappa shape index (κ2) is 10.2. The van der Waals surface area contributed by atoms with Crippen LogP contribution in [0, 0.1) is 0 Å². The molecule has 0 unspecified atom stereocenters. The highest BCUT2D eigenvalue weighted by Crippen LogP contribution is 2.32. The molecule has 30 heavy (non-hydrogen) atoms. The van der Waals surface area contributed by atoms with Crippen LogP contribution in [-0.2, 0) is 25.6 Å². The lowest BCUT2D eigenvalue weighted by Gasteiger charge is -2.23. The lowest BCUT2D eigenvalue weighted by atomic mass is 10.0. The second-order valence-electron chi connectivity index (χ2n) is 8.40. The summed E-state index contributed by atoms with van der Waals surface area (Å²) in [6, 6.07) is 3.12. The third-order valence-electron chi connectivity index (χ3n) is 3.32. The highest BCUT2D eigenvalue weighted by Gasteiger charge is 2.28. The minimum absolute atomic E-state index is 0.0308. The fourth-order valence-electron chi connectivity index (χ4n) is 2.28. The van der Waals surface area contributed by atoms with Gasteiger partial charge in [0.25, 0.3) is 0 Å². The largest absolute Gasteiger partial charge is 0.514 e. The summed E-state index contributed by atoms with van der Waals surface area (Å²) in [5, 5.41) is 8.97. The molecule has 1 aromatic rings. The molecule has 0 amide bonds. The van der Waals surface area contributed by atoms with Crippen molar-refractivity contribution in [3.63, 3.8) is 0 Å². The van der Waals surface area contributed by atoms with Crippen molar-refractivity contribution >= 4 is 24.2 Å². The summed E-state index contributed by atoms with van der Waals surface area (Å²) >= 11 is 0. The Morgan fingerprint density at radius 1 is 1.00 bits per heavy atom. The second-order valence-corrected chi connectivity index (χ2v) is 8.40. The Labute approximate surface area is 176 Å². The van der Waals surface area contributed by atoms with E-state index in [4.69, 9.17) is 24.1 Å². The van der Waals surface area contributed by atoms with E-state index in [0.717, 1.165) is 6.08 Å². The van der Waals surface area contributed by atoms with E-state index in [1.54, 1.807) is 54.5 Å². The highest BCUT2D eigenvalue weighted by atomic mass is 16.7. The van der Waals surface area contributed by atoms with E-state index in [9.17, 15) is 14.4 Å². The van der Waals surface area contributed by atoms with Gasteiger partial charge in [-0.3, -0.25) is 0 Å². The third kappa shape index (κ3) is 8.65. The molecule has 8 heteroatoms.